The summed E-state index contributed by atoms with van der Waals surface area (Å²) in [6.07, 6.45) is 8.82. The molecule has 1 aliphatic carbocycles. The Labute approximate surface area is 157 Å². The first kappa shape index (κ1) is 17.2. The van der Waals surface area contributed by atoms with E-state index in [2.05, 4.69) is 36.9 Å². The second-order valence-corrected chi connectivity index (χ2v) is 6.86. The van der Waals surface area contributed by atoms with Crippen LogP contribution >= 0.6 is 0 Å². The molecule has 4 rings (SSSR count). The van der Waals surface area contributed by atoms with Gasteiger partial charge in [0.1, 0.15) is 0 Å². The molecule has 0 spiro atoms. The van der Waals surface area contributed by atoms with Crippen LogP contribution in [0.15, 0.2) is 42.9 Å². The van der Waals surface area contributed by atoms with Gasteiger partial charge in [-0.1, -0.05) is 18.2 Å². The SMILES string of the molecule is Cc1cnc(Nc2cn[nH]c2)nc1CCc1ccccc1NC(=O)C1CC1. The van der Waals surface area contributed by atoms with E-state index in [4.69, 9.17) is 0 Å². The molecule has 0 radical (unpaired) electrons. The normalized spacial score (nSPS) is 13.4. The lowest BCUT2D eigenvalue weighted by molar-refractivity contribution is -0.117. The maximum Gasteiger partial charge on any atom is 0.227 e. The molecule has 0 saturated heterocycles. The van der Waals surface area contributed by atoms with E-state index in [1.54, 1.807) is 12.4 Å². The second-order valence-electron chi connectivity index (χ2n) is 6.86. The standard InChI is InChI=1S/C20H22N6O/c1-13-10-21-20(24-16-11-22-23-12-16)26-17(13)9-8-14-4-2-3-5-18(14)25-19(27)15-6-7-15/h2-5,10-12,15H,6-9H2,1H3,(H,22,23)(H,25,27)(H,21,24,26). The number of para-hydroxylation sites is 1. The molecule has 1 aromatic carbocycles. The van der Waals surface area contributed by atoms with Gasteiger partial charge in [-0.2, -0.15) is 5.10 Å². The highest BCUT2D eigenvalue weighted by atomic mass is 16.2. The molecule has 0 unspecified atom stereocenters. The van der Waals surface area contributed by atoms with Gasteiger partial charge in [0.2, 0.25) is 11.9 Å². The van der Waals surface area contributed by atoms with Crippen LogP contribution in [0.5, 0.6) is 0 Å². The van der Waals surface area contributed by atoms with Crippen LogP contribution in [0.3, 0.4) is 0 Å². The van der Waals surface area contributed by atoms with Gasteiger partial charge in [-0.05, 0) is 49.8 Å². The van der Waals surface area contributed by atoms with Crippen molar-refractivity contribution in [1.29, 1.82) is 0 Å². The number of aromatic nitrogens is 4. The van der Waals surface area contributed by atoms with E-state index in [9.17, 15) is 4.79 Å². The number of hydrogen-bond donors (Lipinski definition) is 3. The van der Waals surface area contributed by atoms with Crippen molar-refractivity contribution in [1.82, 2.24) is 20.2 Å². The second kappa shape index (κ2) is 7.57. The first-order chi connectivity index (χ1) is 13.2. The Hall–Kier alpha value is -3.22. The summed E-state index contributed by atoms with van der Waals surface area (Å²) in [5.74, 6) is 0.873. The molecule has 2 aromatic heterocycles. The van der Waals surface area contributed by atoms with E-state index >= 15 is 0 Å². The smallest absolute Gasteiger partial charge is 0.227 e. The number of anilines is 3. The summed E-state index contributed by atoms with van der Waals surface area (Å²) >= 11 is 0. The maximum absolute atomic E-state index is 12.1. The average molecular weight is 362 g/mol. The number of amides is 1. The van der Waals surface area contributed by atoms with Crippen molar-refractivity contribution in [3.05, 3.63) is 59.7 Å². The summed E-state index contributed by atoms with van der Waals surface area (Å²) in [5, 5.41) is 12.9. The zero-order valence-electron chi connectivity index (χ0n) is 15.2. The van der Waals surface area contributed by atoms with Crippen molar-refractivity contribution in [3.63, 3.8) is 0 Å². The molecule has 27 heavy (non-hydrogen) atoms. The Morgan fingerprint density at radius 2 is 2.07 bits per heavy atom. The van der Waals surface area contributed by atoms with Crippen LogP contribution in [0.2, 0.25) is 0 Å². The molecule has 1 fully saturated rings. The molecule has 1 saturated carbocycles. The van der Waals surface area contributed by atoms with Crippen LogP contribution < -0.4 is 10.6 Å². The van der Waals surface area contributed by atoms with Crippen molar-refractivity contribution in [2.24, 2.45) is 5.92 Å². The zero-order chi connectivity index (χ0) is 18.6. The minimum atomic E-state index is 0.132. The Balaban J connectivity index is 1.46. The fourth-order valence-electron chi connectivity index (χ4n) is 2.93. The van der Waals surface area contributed by atoms with Crippen molar-refractivity contribution < 1.29 is 4.79 Å². The van der Waals surface area contributed by atoms with Crippen molar-refractivity contribution in [3.8, 4) is 0 Å². The summed E-state index contributed by atoms with van der Waals surface area (Å²) in [5.41, 5.74) is 4.87. The maximum atomic E-state index is 12.1. The number of carbonyl (C=O) groups is 1. The highest BCUT2D eigenvalue weighted by Crippen LogP contribution is 2.31. The largest absolute Gasteiger partial charge is 0.326 e. The van der Waals surface area contributed by atoms with Crippen LogP contribution in [-0.4, -0.2) is 26.1 Å². The average Bonchev–Trinajstić information content (AvgIpc) is 3.41. The number of aryl methyl sites for hydroxylation is 3. The highest BCUT2D eigenvalue weighted by molar-refractivity contribution is 5.94. The molecule has 2 heterocycles. The summed E-state index contributed by atoms with van der Waals surface area (Å²) in [6, 6.07) is 7.98. The van der Waals surface area contributed by atoms with E-state index in [-0.39, 0.29) is 11.8 Å². The molecule has 7 heteroatoms. The Morgan fingerprint density at radius 3 is 2.85 bits per heavy atom. The van der Waals surface area contributed by atoms with Gasteiger partial charge in [0.05, 0.1) is 11.9 Å². The predicted molar refractivity (Wildman–Crippen MR) is 104 cm³/mol. The number of benzene rings is 1. The topological polar surface area (TPSA) is 95.6 Å². The molecule has 138 valence electrons. The number of aromatic amines is 1. The van der Waals surface area contributed by atoms with Gasteiger partial charge in [-0.25, -0.2) is 9.97 Å². The number of rotatable bonds is 7. The first-order valence-electron chi connectivity index (χ1n) is 9.16. The third kappa shape index (κ3) is 4.31. The summed E-state index contributed by atoms with van der Waals surface area (Å²) in [6.45, 7) is 2.01. The molecular weight excluding hydrogens is 340 g/mol. The molecule has 1 aliphatic rings. The number of carbonyl (C=O) groups excluding carboxylic acids is 1. The Morgan fingerprint density at radius 1 is 1.22 bits per heavy atom. The Kier molecular flexibility index (Phi) is 4.82. The van der Waals surface area contributed by atoms with Gasteiger partial charge >= 0.3 is 0 Å². The monoisotopic (exact) mass is 362 g/mol. The molecule has 7 nitrogen and oxygen atoms in total. The van der Waals surface area contributed by atoms with Gasteiger partial charge < -0.3 is 10.6 Å². The van der Waals surface area contributed by atoms with Gasteiger partial charge in [-0.3, -0.25) is 9.89 Å². The van der Waals surface area contributed by atoms with Crippen LogP contribution in [0.1, 0.15) is 29.7 Å². The third-order valence-corrected chi connectivity index (χ3v) is 4.69. The van der Waals surface area contributed by atoms with Crippen molar-refractivity contribution in [2.45, 2.75) is 32.6 Å². The molecule has 0 bridgehead atoms. The van der Waals surface area contributed by atoms with Crippen LogP contribution in [0.4, 0.5) is 17.3 Å². The lowest BCUT2D eigenvalue weighted by Crippen LogP contribution is -2.15. The van der Waals surface area contributed by atoms with Crippen LogP contribution in [0.25, 0.3) is 0 Å². The molecule has 0 atom stereocenters. The molecule has 3 aromatic rings. The molecule has 3 N–H and O–H groups in total. The van der Waals surface area contributed by atoms with Crippen LogP contribution in [-0.2, 0) is 17.6 Å². The van der Waals surface area contributed by atoms with E-state index in [1.807, 2.05) is 31.3 Å². The van der Waals surface area contributed by atoms with Gasteiger partial charge in [-0.15, -0.1) is 0 Å². The zero-order valence-corrected chi connectivity index (χ0v) is 15.2. The summed E-state index contributed by atoms with van der Waals surface area (Å²) < 4.78 is 0. The predicted octanol–water partition coefficient (Wildman–Crippen LogP) is 3.39. The van der Waals surface area contributed by atoms with Gasteiger partial charge in [0.25, 0.3) is 0 Å². The van der Waals surface area contributed by atoms with E-state index in [1.165, 1.54) is 0 Å². The lowest BCUT2D eigenvalue weighted by atomic mass is 10.0. The van der Waals surface area contributed by atoms with Crippen molar-refractivity contribution >= 4 is 23.2 Å². The third-order valence-electron chi connectivity index (χ3n) is 4.69. The summed E-state index contributed by atoms with van der Waals surface area (Å²) in [4.78, 5) is 21.1. The summed E-state index contributed by atoms with van der Waals surface area (Å²) in [7, 11) is 0. The van der Waals surface area contributed by atoms with Crippen molar-refractivity contribution in [2.75, 3.05) is 10.6 Å². The Bertz CT molecular complexity index is 933. The molecule has 1 amide bonds. The number of H-pyrrole nitrogens is 1. The first-order valence-corrected chi connectivity index (χ1v) is 9.16. The van der Waals surface area contributed by atoms with E-state index in [0.717, 1.165) is 53.9 Å². The quantitative estimate of drug-likeness (QED) is 0.599. The highest BCUT2D eigenvalue weighted by Gasteiger charge is 2.29. The number of nitrogens with one attached hydrogen (secondary N) is 3. The number of hydrogen-bond acceptors (Lipinski definition) is 5. The fraction of sp³-hybridized carbons (Fsp3) is 0.300. The van der Waals surface area contributed by atoms with E-state index < -0.39 is 0 Å². The minimum Gasteiger partial charge on any atom is -0.326 e. The lowest BCUT2D eigenvalue weighted by Gasteiger charge is -2.12. The van der Waals surface area contributed by atoms with Gasteiger partial charge in [0.15, 0.2) is 0 Å². The molecular formula is C20H22N6O. The van der Waals surface area contributed by atoms with Crippen LogP contribution in [0, 0.1) is 12.8 Å². The van der Waals surface area contributed by atoms with Gasteiger partial charge in [0, 0.05) is 29.7 Å². The number of nitrogens with zero attached hydrogens (tertiary/aromatic N) is 3. The minimum absolute atomic E-state index is 0.132. The molecule has 0 aliphatic heterocycles. The van der Waals surface area contributed by atoms with E-state index in [0.29, 0.717) is 5.95 Å². The fourth-order valence-corrected chi connectivity index (χ4v) is 2.93.